The molecule has 0 unspecified atom stereocenters. The number of nitrogens with zero attached hydrogens (tertiary/aromatic N) is 1. The maximum absolute atomic E-state index is 11.9. The van der Waals surface area contributed by atoms with Gasteiger partial charge in [-0.1, -0.05) is 24.3 Å². The lowest BCUT2D eigenvalue weighted by Crippen LogP contribution is -2.42. The van der Waals surface area contributed by atoms with Crippen LogP contribution in [-0.2, 0) is 21.4 Å². The van der Waals surface area contributed by atoms with Crippen LogP contribution in [0.1, 0.15) is 38.3 Å². The molecule has 124 valence electrons. The maximum Gasteiger partial charge on any atom is 0.221 e. The fraction of sp³-hybridized carbons (Fsp3) is 0.562. The second-order valence-electron chi connectivity index (χ2n) is 6.57. The standard InChI is InChI=1S/C16H26N2O3S/c1-13-8-6-7-9-14(13)12-18(22(5,20)21)11-10-15(19)17-16(2,3)4/h6-9H,10-12H2,1-5H3,(H,17,19). The van der Waals surface area contributed by atoms with Crippen molar-refractivity contribution in [3.8, 4) is 0 Å². The molecule has 0 radical (unpaired) electrons. The molecule has 6 heteroatoms. The van der Waals surface area contributed by atoms with Crippen LogP contribution in [0.2, 0.25) is 0 Å². The molecule has 0 fully saturated rings. The number of hydrogen-bond donors (Lipinski definition) is 1. The van der Waals surface area contributed by atoms with Gasteiger partial charge in [-0.15, -0.1) is 0 Å². The number of sulfonamides is 1. The summed E-state index contributed by atoms with van der Waals surface area (Å²) in [4.78, 5) is 11.9. The number of rotatable bonds is 6. The van der Waals surface area contributed by atoms with E-state index in [0.29, 0.717) is 0 Å². The summed E-state index contributed by atoms with van der Waals surface area (Å²) in [5.41, 5.74) is 1.67. The molecule has 0 aliphatic rings. The third-order valence-corrected chi connectivity index (χ3v) is 4.43. The fourth-order valence-electron chi connectivity index (χ4n) is 2.05. The monoisotopic (exact) mass is 326 g/mol. The van der Waals surface area contributed by atoms with Gasteiger partial charge in [0, 0.05) is 25.0 Å². The van der Waals surface area contributed by atoms with Gasteiger partial charge in [-0.05, 0) is 38.8 Å². The highest BCUT2D eigenvalue weighted by molar-refractivity contribution is 7.88. The van der Waals surface area contributed by atoms with Crippen molar-refractivity contribution >= 4 is 15.9 Å². The SMILES string of the molecule is Cc1ccccc1CN(CCC(=O)NC(C)(C)C)S(C)(=O)=O. The highest BCUT2D eigenvalue weighted by Crippen LogP contribution is 2.13. The zero-order valence-electron chi connectivity index (χ0n) is 14.0. The first-order valence-corrected chi connectivity index (χ1v) is 9.14. The molecule has 0 aliphatic carbocycles. The molecule has 0 saturated carbocycles. The number of hydrogen-bond acceptors (Lipinski definition) is 3. The molecular weight excluding hydrogens is 300 g/mol. The molecule has 5 nitrogen and oxygen atoms in total. The van der Waals surface area contributed by atoms with E-state index in [2.05, 4.69) is 5.32 Å². The molecule has 22 heavy (non-hydrogen) atoms. The first-order chi connectivity index (χ1) is 9.99. The van der Waals surface area contributed by atoms with Crippen LogP contribution in [0.5, 0.6) is 0 Å². The summed E-state index contributed by atoms with van der Waals surface area (Å²) >= 11 is 0. The average Bonchev–Trinajstić information content (AvgIpc) is 2.32. The molecule has 1 aromatic rings. The summed E-state index contributed by atoms with van der Waals surface area (Å²) in [6.45, 7) is 8.09. The van der Waals surface area contributed by atoms with Gasteiger partial charge in [-0.3, -0.25) is 4.79 Å². The number of carbonyl (C=O) groups excluding carboxylic acids is 1. The Morgan fingerprint density at radius 3 is 2.32 bits per heavy atom. The average molecular weight is 326 g/mol. The normalized spacial score (nSPS) is 12.5. The number of aryl methyl sites for hydroxylation is 1. The molecule has 0 heterocycles. The van der Waals surface area contributed by atoms with Crippen LogP contribution in [0.4, 0.5) is 0 Å². The van der Waals surface area contributed by atoms with Crippen LogP contribution in [0.3, 0.4) is 0 Å². The predicted molar refractivity (Wildman–Crippen MR) is 88.9 cm³/mol. The second kappa shape index (κ2) is 7.24. The van der Waals surface area contributed by atoms with Crippen LogP contribution in [-0.4, -0.2) is 37.0 Å². The molecule has 0 aromatic heterocycles. The van der Waals surface area contributed by atoms with Crippen LogP contribution >= 0.6 is 0 Å². The molecule has 0 atom stereocenters. The highest BCUT2D eigenvalue weighted by atomic mass is 32.2. The molecule has 0 aliphatic heterocycles. The highest BCUT2D eigenvalue weighted by Gasteiger charge is 2.20. The summed E-state index contributed by atoms with van der Waals surface area (Å²) < 4.78 is 25.2. The fourth-order valence-corrected chi connectivity index (χ4v) is 2.84. The minimum atomic E-state index is -3.37. The summed E-state index contributed by atoms with van der Waals surface area (Å²) in [6.07, 6.45) is 1.32. The van der Waals surface area contributed by atoms with Gasteiger partial charge < -0.3 is 5.32 Å². The largest absolute Gasteiger partial charge is 0.351 e. The van der Waals surface area contributed by atoms with E-state index >= 15 is 0 Å². The van der Waals surface area contributed by atoms with E-state index in [9.17, 15) is 13.2 Å². The molecule has 1 N–H and O–H groups in total. The number of benzene rings is 1. The van der Waals surface area contributed by atoms with E-state index in [1.54, 1.807) is 0 Å². The van der Waals surface area contributed by atoms with Gasteiger partial charge in [0.05, 0.1) is 6.26 Å². The summed E-state index contributed by atoms with van der Waals surface area (Å²) in [5.74, 6) is -0.147. The quantitative estimate of drug-likeness (QED) is 0.870. The zero-order chi connectivity index (χ0) is 17.0. The van der Waals surface area contributed by atoms with Gasteiger partial charge >= 0.3 is 0 Å². The van der Waals surface area contributed by atoms with Gasteiger partial charge in [-0.25, -0.2) is 8.42 Å². The molecule has 1 rings (SSSR count). The first-order valence-electron chi connectivity index (χ1n) is 7.30. The number of amides is 1. The van der Waals surface area contributed by atoms with Crippen LogP contribution in [0.15, 0.2) is 24.3 Å². The van der Waals surface area contributed by atoms with Crippen molar-refractivity contribution in [2.75, 3.05) is 12.8 Å². The molecule has 0 bridgehead atoms. The van der Waals surface area contributed by atoms with E-state index < -0.39 is 10.0 Å². The van der Waals surface area contributed by atoms with Gasteiger partial charge in [0.2, 0.25) is 15.9 Å². The lowest BCUT2D eigenvalue weighted by molar-refractivity contribution is -0.122. The lowest BCUT2D eigenvalue weighted by Gasteiger charge is -2.23. The Bertz CT molecular complexity index is 619. The smallest absolute Gasteiger partial charge is 0.221 e. The summed E-state index contributed by atoms with van der Waals surface area (Å²) in [7, 11) is -3.37. The van der Waals surface area contributed by atoms with Crippen molar-refractivity contribution in [2.45, 2.75) is 46.2 Å². The van der Waals surface area contributed by atoms with Gasteiger partial charge in [0.25, 0.3) is 0 Å². The molecule has 0 spiro atoms. The molecular formula is C16H26N2O3S. The van der Waals surface area contributed by atoms with Crippen molar-refractivity contribution in [3.05, 3.63) is 35.4 Å². The minimum Gasteiger partial charge on any atom is -0.351 e. The summed E-state index contributed by atoms with van der Waals surface area (Å²) in [5, 5.41) is 2.84. The van der Waals surface area contributed by atoms with Crippen molar-refractivity contribution in [3.63, 3.8) is 0 Å². The Hall–Kier alpha value is -1.40. The number of carbonyl (C=O) groups is 1. The van der Waals surface area contributed by atoms with Crippen molar-refractivity contribution in [2.24, 2.45) is 0 Å². The second-order valence-corrected chi connectivity index (χ2v) is 8.55. The van der Waals surface area contributed by atoms with Crippen molar-refractivity contribution in [1.82, 2.24) is 9.62 Å². The summed E-state index contributed by atoms with van der Waals surface area (Å²) in [6, 6.07) is 7.65. The Kier molecular flexibility index (Phi) is 6.14. The Labute approximate surface area is 133 Å². The van der Waals surface area contributed by atoms with Crippen molar-refractivity contribution < 1.29 is 13.2 Å². The third kappa shape index (κ3) is 6.58. The number of nitrogens with one attached hydrogen (secondary N) is 1. The van der Waals surface area contributed by atoms with Gasteiger partial charge in [0.15, 0.2) is 0 Å². The van der Waals surface area contributed by atoms with E-state index in [0.717, 1.165) is 11.1 Å². The first kappa shape index (κ1) is 18.6. The van der Waals surface area contributed by atoms with Crippen LogP contribution in [0.25, 0.3) is 0 Å². The Balaban J connectivity index is 2.75. The molecule has 0 saturated heterocycles. The van der Waals surface area contributed by atoms with Gasteiger partial charge in [0.1, 0.15) is 0 Å². The zero-order valence-corrected chi connectivity index (χ0v) is 14.8. The third-order valence-electron chi connectivity index (χ3n) is 3.18. The Morgan fingerprint density at radius 2 is 1.82 bits per heavy atom. The minimum absolute atomic E-state index is 0.147. The predicted octanol–water partition coefficient (Wildman–Crippen LogP) is 2.06. The molecule has 1 amide bonds. The van der Waals surface area contributed by atoms with E-state index in [1.165, 1.54) is 10.6 Å². The molecule has 1 aromatic carbocycles. The van der Waals surface area contributed by atoms with E-state index in [4.69, 9.17) is 0 Å². The lowest BCUT2D eigenvalue weighted by atomic mass is 10.1. The van der Waals surface area contributed by atoms with E-state index in [-0.39, 0.29) is 31.0 Å². The van der Waals surface area contributed by atoms with Crippen LogP contribution in [0, 0.1) is 6.92 Å². The maximum atomic E-state index is 11.9. The van der Waals surface area contributed by atoms with E-state index in [1.807, 2.05) is 52.0 Å². The van der Waals surface area contributed by atoms with Crippen molar-refractivity contribution in [1.29, 1.82) is 0 Å². The Morgan fingerprint density at radius 1 is 1.23 bits per heavy atom. The van der Waals surface area contributed by atoms with Gasteiger partial charge in [-0.2, -0.15) is 4.31 Å². The topological polar surface area (TPSA) is 66.5 Å². The van der Waals surface area contributed by atoms with Crippen LogP contribution < -0.4 is 5.32 Å².